The van der Waals surface area contributed by atoms with Crippen LogP contribution in [0.1, 0.15) is 57.6 Å². The predicted molar refractivity (Wildman–Crippen MR) is 84.0 cm³/mol. The Morgan fingerprint density at radius 3 is 2.74 bits per heavy atom. The van der Waals surface area contributed by atoms with Crippen LogP contribution in [-0.4, -0.2) is 24.6 Å². The van der Waals surface area contributed by atoms with E-state index in [9.17, 15) is 0 Å². The van der Waals surface area contributed by atoms with Crippen molar-refractivity contribution in [1.82, 2.24) is 10.3 Å². The van der Waals surface area contributed by atoms with E-state index in [2.05, 4.69) is 29.6 Å². The molecule has 1 fully saturated rings. The molecule has 1 saturated carbocycles. The van der Waals surface area contributed by atoms with Crippen molar-refractivity contribution in [2.24, 2.45) is 0 Å². The highest BCUT2D eigenvalue weighted by molar-refractivity contribution is 7.13. The van der Waals surface area contributed by atoms with Crippen LogP contribution in [0, 0.1) is 0 Å². The normalized spacial score (nSPS) is 17.4. The Labute approximate surface area is 121 Å². The summed E-state index contributed by atoms with van der Waals surface area (Å²) in [5, 5.41) is 6.81. The van der Waals surface area contributed by atoms with Gasteiger partial charge in [0.25, 0.3) is 0 Å². The summed E-state index contributed by atoms with van der Waals surface area (Å²) in [6.45, 7) is 4.17. The molecule has 0 saturated heterocycles. The van der Waals surface area contributed by atoms with Crippen LogP contribution in [-0.2, 0) is 6.54 Å². The maximum atomic E-state index is 4.77. The van der Waals surface area contributed by atoms with Crippen molar-refractivity contribution in [3.05, 3.63) is 11.1 Å². The highest BCUT2D eigenvalue weighted by atomic mass is 32.1. The topological polar surface area (TPSA) is 28.2 Å². The second kappa shape index (κ2) is 7.85. The van der Waals surface area contributed by atoms with Gasteiger partial charge in [-0.15, -0.1) is 11.3 Å². The van der Waals surface area contributed by atoms with E-state index in [0.717, 1.165) is 13.1 Å². The standard InChI is InChI=1S/C15H27N3S/c1-3-10-16-11-13-12-19-15(17-13)18(2)14-8-6-4-5-7-9-14/h12,14,16H,3-11H2,1-2H3. The fourth-order valence-corrected chi connectivity index (χ4v) is 3.60. The first-order chi connectivity index (χ1) is 9.31. The Morgan fingerprint density at radius 1 is 1.32 bits per heavy atom. The minimum atomic E-state index is 0.699. The first-order valence-corrected chi connectivity index (χ1v) is 8.57. The average Bonchev–Trinajstić information content (AvgIpc) is 2.72. The molecule has 1 aliphatic rings. The van der Waals surface area contributed by atoms with E-state index in [0.29, 0.717) is 6.04 Å². The Morgan fingerprint density at radius 2 is 2.05 bits per heavy atom. The number of hydrogen-bond donors (Lipinski definition) is 1. The van der Waals surface area contributed by atoms with Crippen molar-refractivity contribution < 1.29 is 0 Å². The van der Waals surface area contributed by atoms with Gasteiger partial charge in [-0.3, -0.25) is 0 Å². The van der Waals surface area contributed by atoms with E-state index < -0.39 is 0 Å². The van der Waals surface area contributed by atoms with Crippen molar-refractivity contribution in [1.29, 1.82) is 0 Å². The summed E-state index contributed by atoms with van der Waals surface area (Å²) in [5.74, 6) is 0. The lowest BCUT2D eigenvalue weighted by Crippen LogP contribution is -2.31. The van der Waals surface area contributed by atoms with Crippen LogP contribution >= 0.6 is 11.3 Å². The van der Waals surface area contributed by atoms with Crippen LogP contribution in [0.2, 0.25) is 0 Å². The number of nitrogens with one attached hydrogen (secondary N) is 1. The zero-order valence-corrected chi connectivity index (χ0v) is 13.1. The Hall–Kier alpha value is -0.610. The Bertz CT molecular complexity index is 356. The summed E-state index contributed by atoms with van der Waals surface area (Å²) in [6, 6.07) is 0.699. The van der Waals surface area contributed by atoms with E-state index in [1.807, 2.05) is 0 Å². The Kier molecular flexibility index (Phi) is 6.11. The number of thiazole rings is 1. The molecule has 0 spiro atoms. The lowest BCUT2D eigenvalue weighted by Gasteiger charge is -2.26. The van der Waals surface area contributed by atoms with Crippen LogP contribution in [0.15, 0.2) is 5.38 Å². The molecule has 3 nitrogen and oxygen atoms in total. The SMILES string of the molecule is CCCNCc1csc(N(C)C2CCCCCC2)n1. The van der Waals surface area contributed by atoms with Gasteiger partial charge in [-0.25, -0.2) is 4.98 Å². The van der Waals surface area contributed by atoms with Crippen LogP contribution in [0.4, 0.5) is 5.13 Å². The van der Waals surface area contributed by atoms with Gasteiger partial charge in [-0.1, -0.05) is 32.6 Å². The van der Waals surface area contributed by atoms with Gasteiger partial charge in [0.1, 0.15) is 0 Å². The van der Waals surface area contributed by atoms with Gasteiger partial charge in [0.05, 0.1) is 5.69 Å². The summed E-state index contributed by atoms with van der Waals surface area (Å²) in [6.07, 6.45) is 9.43. The van der Waals surface area contributed by atoms with Crippen LogP contribution in [0.3, 0.4) is 0 Å². The third-order valence-electron chi connectivity index (χ3n) is 3.95. The average molecular weight is 281 g/mol. The van der Waals surface area contributed by atoms with E-state index >= 15 is 0 Å². The van der Waals surface area contributed by atoms with Crippen molar-refractivity contribution in [3.8, 4) is 0 Å². The molecule has 0 amide bonds. The molecule has 1 N–H and O–H groups in total. The Balaban J connectivity index is 1.89. The molecule has 1 aromatic rings. The number of rotatable bonds is 6. The summed E-state index contributed by atoms with van der Waals surface area (Å²) in [5.41, 5.74) is 1.19. The monoisotopic (exact) mass is 281 g/mol. The van der Waals surface area contributed by atoms with Crippen molar-refractivity contribution in [3.63, 3.8) is 0 Å². The van der Waals surface area contributed by atoms with Gasteiger partial charge in [0.15, 0.2) is 5.13 Å². The molecule has 108 valence electrons. The van der Waals surface area contributed by atoms with Crippen LogP contribution in [0.25, 0.3) is 0 Å². The van der Waals surface area contributed by atoms with Gasteiger partial charge >= 0.3 is 0 Å². The molecule has 0 radical (unpaired) electrons. The van der Waals surface area contributed by atoms with E-state index in [4.69, 9.17) is 4.98 Å². The molecule has 0 aromatic carbocycles. The molecular formula is C15H27N3S. The number of nitrogens with zero attached hydrogens (tertiary/aromatic N) is 2. The van der Waals surface area contributed by atoms with Crippen molar-refractivity contribution >= 4 is 16.5 Å². The third kappa shape index (κ3) is 4.46. The fraction of sp³-hybridized carbons (Fsp3) is 0.800. The summed E-state index contributed by atoms with van der Waals surface area (Å²) in [4.78, 5) is 7.19. The minimum absolute atomic E-state index is 0.699. The lowest BCUT2D eigenvalue weighted by molar-refractivity contribution is 0.551. The number of aromatic nitrogens is 1. The molecule has 1 aromatic heterocycles. The first-order valence-electron chi connectivity index (χ1n) is 7.69. The van der Waals surface area contributed by atoms with E-state index in [-0.39, 0.29) is 0 Å². The highest BCUT2D eigenvalue weighted by Crippen LogP contribution is 2.27. The predicted octanol–water partition coefficient (Wildman–Crippen LogP) is 3.80. The van der Waals surface area contributed by atoms with Gasteiger partial charge in [0.2, 0.25) is 0 Å². The zero-order chi connectivity index (χ0) is 13.5. The molecule has 2 rings (SSSR count). The van der Waals surface area contributed by atoms with Gasteiger partial charge in [0, 0.05) is 25.0 Å². The van der Waals surface area contributed by atoms with Gasteiger partial charge in [-0.05, 0) is 25.8 Å². The second-order valence-corrected chi connectivity index (χ2v) is 6.39. The van der Waals surface area contributed by atoms with Gasteiger partial charge < -0.3 is 10.2 Å². The number of anilines is 1. The first kappa shape index (κ1) is 14.8. The third-order valence-corrected chi connectivity index (χ3v) is 4.93. The van der Waals surface area contributed by atoms with E-state index in [1.54, 1.807) is 11.3 Å². The molecule has 0 aliphatic heterocycles. The molecule has 0 atom stereocenters. The molecular weight excluding hydrogens is 254 g/mol. The number of hydrogen-bond acceptors (Lipinski definition) is 4. The van der Waals surface area contributed by atoms with Gasteiger partial charge in [-0.2, -0.15) is 0 Å². The smallest absolute Gasteiger partial charge is 0.185 e. The maximum absolute atomic E-state index is 4.77. The van der Waals surface area contributed by atoms with Crippen LogP contribution < -0.4 is 10.2 Å². The highest BCUT2D eigenvalue weighted by Gasteiger charge is 2.19. The molecule has 1 aliphatic carbocycles. The van der Waals surface area contributed by atoms with Crippen LogP contribution in [0.5, 0.6) is 0 Å². The summed E-state index contributed by atoms with van der Waals surface area (Å²) >= 11 is 1.79. The lowest BCUT2D eigenvalue weighted by atomic mass is 10.1. The summed E-state index contributed by atoms with van der Waals surface area (Å²) < 4.78 is 0. The molecule has 0 unspecified atom stereocenters. The maximum Gasteiger partial charge on any atom is 0.185 e. The van der Waals surface area contributed by atoms with Crippen molar-refractivity contribution in [2.45, 2.75) is 64.5 Å². The van der Waals surface area contributed by atoms with Crippen molar-refractivity contribution in [2.75, 3.05) is 18.5 Å². The van der Waals surface area contributed by atoms with E-state index in [1.165, 1.54) is 55.8 Å². The zero-order valence-electron chi connectivity index (χ0n) is 12.3. The molecule has 0 bridgehead atoms. The fourth-order valence-electron chi connectivity index (χ4n) is 2.73. The largest absolute Gasteiger partial charge is 0.348 e. The minimum Gasteiger partial charge on any atom is -0.348 e. The molecule has 1 heterocycles. The second-order valence-electron chi connectivity index (χ2n) is 5.55. The molecule has 19 heavy (non-hydrogen) atoms. The molecule has 4 heteroatoms. The quantitative estimate of drug-likeness (QED) is 0.635. The summed E-state index contributed by atoms with van der Waals surface area (Å²) in [7, 11) is 2.22.